The lowest BCUT2D eigenvalue weighted by atomic mass is 10.2. The highest BCUT2D eigenvalue weighted by Gasteiger charge is 2.34. The van der Waals surface area contributed by atoms with Crippen LogP contribution in [0.3, 0.4) is 0 Å². The summed E-state index contributed by atoms with van der Waals surface area (Å²) < 4.78 is 11.7. The standard InChI is InChI=1S/C9H15NO4S/c1-6(9(12)13)5-15(14)7-3-4-10(2)8(7)11/h6-7H,3-5H2,1-2H3,(H,12,13). The van der Waals surface area contributed by atoms with Gasteiger partial charge in [-0.2, -0.15) is 0 Å². The van der Waals surface area contributed by atoms with E-state index in [2.05, 4.69) is 0 Å². The number of likely N-dealkylation sites (tertiary alicyclic amines) is 1. The molecule has 1 fully saturated rings. The van der Waals surface area contributed by atoms with E-state index >= 15 is 0 Å². The number of rotatable bonds is 4. The van der Waals surface area contributed by atoms with E-state index in [4.69, 9.17) is 5.11 Å². The fraction of sp³-hybridized carbons (Fsp3) is 0.778. The molecule has 5 nitrogen and oxygen atoms in total. The largest absolute Gasteiger partial charge is 0.481 e. The van der Waals surface area contributed by atoms with Crippen LogP contribution in [0.1, 0.15) is 13.3 Å². The molecular formula is C9H15NO4S. The highest BCUT2D eigenvalue weighted by atomic mass is 32.2. The third-order valence-corrected chi connectivity index (χ3v) is 4.43. The van der Waals surface area contributed by atoms with Gasteiger partial charge in [-0.05, 0) is 6.42 Å². The summed E-state index contributed by atoms with van der Waals surface area (Å²) in [6.45, 7) is 2.11. The fourth-order valence-electron chi connectivity index (χ4n) is 1.47. The van der Waals surface area contributed by atoms with E-state index in [9.17, 15) is 13.8 Å². The predicted octanol–water partition coefficient (Wildman–Crippen LogP) is -0.313. The van der Waals surface area contributed by atoms with Gasteiger partial charge in [0.05, 0.1) is 5.92 Å². The Bertz CT molecular complexity index is 304. The second kappa shape index (κ2) is 4.74. The maximum absolute atomic E-state index is 11.7. The Balaban J connectivity index is 2.55. The first-order valence-electron chi connectivity index (χ1n) is 4.78. The van der Waals surface area contributed by atoms with Gasteiger partial charge in [-0.15, -0.1) is 0 Å². The number of amides is 1. The molecule has 0 spiro atoms. The highest BCUT2D eigenvalue weighted by Crippen LogP contribution is 2.16. The maximum atomic E-state index is 11.7. The molecular weight excluding hydrogens is 218 g/mol. The van der Waals surface area contributed by atoms with E-state index in [1.807, 2.05) is 0 Å². The molecule has 0 bridgehead atoms. The van der Waals surface area contributed by atoms with E-state index in [0.717, 1.165) is 0 Å². The van der Waals surface area contributed by atoms with Crippen molar-refractivity contribution in [3.05, 3.63) is 0 Å². The van der Waals surface area contributed by atoms with Crippen molar-refractivity contribution in [2.75, 3.05) is 19.3 Å². The lowest BCUT2D eigenvalue weighted by molar-refractivity contribution is -0.140. The minimum atomic E-state index is -1.37. The lowest BCUT2D eigenvalue weighted by Crippen LogP contribution is -2.31. The van der Waals surface area contributed by atoms with Gasteiger partial charge in [0.1, 0.15) is 5.25 Å². The minimum absolute atomic E-state index is 0.0551. The first-order valence-corrected chi connectivity index (χ1v) is 6.16. The molecule has 1 aliphatic heterocycles. The summed E-state index contributed by atoms with van der Waals surface area (Å²) in [7, 11) is 0.298. The number of carbonyl (C=O) groups excluding carboxylic acids is 1. The number of carboxylic acid groups (broad SMARTS) is 1. The Morgan fingerprint density at radius 1 is 1.73 bits per heavy atom. The van der Waals surface area contributed by atoms with Crippen molar-refractivity contribution in [1.82, 2.24) is 4.90 Å². The van der Waals surface area contributed by atoms with Gasteiger partial charge in [0.2, 0.25) is 5.91 Å². The molecule has 0 radical (unpaired) electrons. The number of hydrogen-bond acceptors (Lipinski definition) is 3. The zero-order valence-corrected chi connectivity index (χ0v) is 9.62. The Kier molecular flexibility index (Phi) is 3.84. The monoisotopic (exact) mass is 233 g/mol. The minimum Gasteiger partial charge on any atom is -0.481 e. The predicted molar refractivity (Wildman–Crippen MR) is 55.9 cm³/mol. The van der Waals surface area contributed by atoms with Crippen LogP contribution in [-0.4, -0.2) is 50.7 Å². The van der Waals surface area contributed by atoms with Crippen molar-refractivity contribution < 1.29 is 18.9 Å². The van der Waals surface area contributed by atoms with Crippen LogP contribution in [0.25, 0.3) is 0 Å². The SMILES string of the molecule is CC(CS(=O)C1CCN(C)C1=O)C(=O)O. The van der Waals surface area contributed by atoms with Crippen LogP contribution in [0.5, 0.6) is 0 Å². The summed E-state index contributed by atoms with van der Waals surface area (Å²) in [4.78, 5) is 23.6. The lowest BCUT2D eigenvalue weighted by Gasteiger charge is -2.11. The number of nitrogens with zero attached hydrogens (tertiary/aromatic N) is 1. The van der Waals surface area contributed by atoms with E-state index in [0.29, 0.717) is 13.0 Å². The molecule has 1 saturated heterocycles. The zero-order valence-electron chi connectivity index (χ0n) is 8.80. The van der Waals surface area contributed by atoms with Gasteiger partial charge in [0.15, 0.2) is 0 Å². The molecule has 1 aliphatic rings. The van der Waals surface area contributed by atoms with Gasteiger partial charge >= 0.3 is 5.97 Å². The van der Waals surface area contributed by atoms with Crippen molar-refractivity contribution in [2.45, 2.75) is 18.6 Å². The van der Waals surface area contributed by atoms with E-state index in [1.165, 1.54) is 11.8 Å². The average molecular weight is 233 g/mol. The van der Waals surface area contributed by atoms with E-state index < -0.39 is 27.9 Å². The average Bonchev–Trinajstić information content (AvgIpc) is 2.47. The van der Waals surface area contributed by atoms with Gasteiger partial charge < -0.3 is 10.0 Å². The third-order valence-electron chi connectivity index (χ3n) is 2.53. The number of carboxylic acids is 1. The third kappa shape index (κ3) is 2.77. The summed E-state index contributed by atoms with van der Waals surface area (Å²) >= 11 is 0. The van der Waals surface area contributed by atoms with Crippen molar-refractivity contribution >= 4 is 22.7 Å². The Hall–Kier alpha value is -0.910. The van der Waals surface area contributed by atoms with E-state index in [1.54, 1.807) is 7.05 Å². The number of carbonyl (C=O) groups is 2. The molecule has 86 valence electrons. The van der Waals surface area contributed by atoms with Crippen molar-refractivity contribution in [3.63, 3.8) is 0 Å². The summed E-state index contributed by atoms with van der Waals surface area (Å²) in [6, 6.07) is 0. The van der Waals surface area contributed by atoms with E-state index in [-0.39, 0.29) is 11.7 Å². The number of aliphatic carboxylic acids is 1. The molecule has 0 aromatic carbocycles. The smallest absolute Gasteiger partial charge is 0.307 e. The Labute approximate surface area is 90.9 Å². The molecule has 3 atom stereocenters. The van der Waals surface area contributed by atoms with Gasteiger partial charge in [-0.25, -0.2) is 0 Å². The molecule has 6 heteroatoms. The Morgan fingerprint density at radius 3 is 2.73 bits per heavy atom. The molecule has 1 rings (SSSR count). The zero-order chi connectivity index (χ0) is 11.6. The Morgan fingerprint density at radius 2 is 2.33 bits per heavy atom. The molecule has 0 aromatic rings. The van der Waals surface area contributed by atoms with Crippen molar-refractivity contribution in [3.8, 4) is 0 Å². The van der Waals surface area contributed by atoms with Crippen LogP contribution in [0.4, 0.5) is 0 Å². The molecule has 1 N–H and O–H groups in total. The highest BCUT2D eigenvalue weighted by molar-refractivity contribution is 7.86. The van der Waals surface area contributed by atoms with Crippen LogP contribution < -0.4 is 0 Å². The molecule has 0 aromatic heterocycles. The van der Waals surface area contributed by atoms with Gasteiger partial charge in [0, 0.05) is 30.1 Å². The van der Waals surface area contributed by atoms with Crippen LogP contribution in [-0.2, 0) is 20.4 Å². The fourth-order valence-corrected chi connectivity index (χ4v) is 3.11. The second-order valence-corrected chi connectivity index (χ2v) is 5.49. The van der Waals surface area contributed by atoms with Crippen LogP contribution in [0, 0.1) is 5.92 Å². The first kappa shape index (κ1) is 12.2. The molecule has 3 unspecified atom stereocenters. The summed E-state index contributed by atoms with van der Waals surface area (Å²) in [5.41, 5.74) is 0. The molecule has 15 heavy (non-hydrogen) atoms. The second-order valence-electron chi connectivity index (χ2n) is 3.82. The molecule has 1 amide bonds. The molecule has 0 aliphatic carbocycles. The molecule has 0 saturated carbocycles. The van der Waals surface area contributed by atoms with Gasteiger partial charge in [-0.1, -0.05) is 6.92 Å². The van der Waals surface area contributed by atoms with Crippen LogP contribution in [0.15, 0.2) is 0 Å². The summed E-state index contributed by atoms with van der Waals surface area (Å²) in [5.74, 6) is -1.71. The maximum Gasteiger partial charge on any atom is 0.307 e. The first-order chi connectivity index (χ1) is 6.93. The summed E-state index contributed by atoms with van der Waals surface area (Å²) in [6.07, 6.45) is 0.564. The quantitative estimate of drug-likeness (QED) is 0.722. The summed E-state index contributed by atoms with van der Waals surface area (Å²) in [5, 5.41) is 8.16. The van der Waals surface area contributed by atoms with Gasteiger partial charge in [0.25, 0.3) is 0 Å². The van der Waals surface area contributed by atoms with Crippen LogP contribution >= 0.6 is 0 Å². The van der Waals surface area contributed by atoms with Crippen molar-refractivity contribution in [2.24, 2.45) is 5.92 Å². The normalized spacial score (nSPS) is 25.3. The topological polar surface area (TPSA) is 74.7 Å². The van der Waals surface area contributed by atoms with Crippen LogP contribution in [0.2, 0.25) is 0 Å². The van der Waals surface area contributed by atoms with Crippen molar-refractivity contribution in [1.29, 1.82) is 0 Å². The number of hydrogen-bond donors (Lipinski definition) is 1. The van der Waals surface area contributed by atoms with Gasteiger partial charge in [-0.3, -0.25) is 13.8 Å². The molecule has 1 heterocycles.